The predicted molar refractivity (Wildman–Crippen MR) is 99.6 cm³/mol. The van der Waals surface area contributed by atoms with E-state index in [4.69, 9.17) is 19.6 Å². The van der Waals surface area contributed by atoms with Gasteiger partial charge in [-0.2, -0.15) is 5.10 Å². The van der Waals surface area contributed by atoms with E-state index in [1.54, 1.807) is 12.1 Å². The molecule has 7 nitrogen and oxygen atoms in total. The fourth-order valence-corrected chi connectivity index (χ4v) is 2.60. The number of benzene rings is 1. The van der Waals surface area contributed by atoms with Crippen LogP contribution in [0.3, 0.4) is 0 Å². The van der Waals surface area contributed by atoms with E-state index in [0.717, 1.165) is 0 Å². The Balaban J connectivity index is 2.35. The lowest BCUT2D eigenvalue weighted by atomic mass is 10.2. The Bertz CT molecular complexity index is 794. The van der Waals surface area contributed by atoms with Crippen LogP contribution < -0.4 is 20.6 Å². The quantitative estimate of drug-likeness (QED) is 0.225. The molecule has 0 radical (unpaired) electrons. The van der Waals surface area contributed by atoms with Gasteiger partial charge in [-0.1, -0.05) is 0 Å². The van der Waals surface area contributed by atoms with Gasteiger partial charge in [0, 0.05) is 10.0 Å². The predicted octanol–water partition coefficient (Wildman–Crippen LogP) is 3.20. The van der Waals surface area contributed by atoms with Crippen molar-refractivity contribution in [3.63, 3.8) is 0 Å². The summed E-state index contributed by atoms with van der Waals surface area (Å²) in [7, 11) is 1.45. The summed E-state index contributed by atoms with van der Waals surface area (Å²) in [5.41, 5.74) is 8.39. The highest BCUT2D eigenvalue weighted by atomic mass is 79.9. The number of thiocarbonyl (C=S) groups is 1. The molecule has 0 saturated carbocycles. The van der Waals surface area contributed by atoms with E-state index in [2.05, 4.69) is 54.6 Å². The second-order valence-corrected chi connectivity index (χ2v) is 6.25. The van der Waals surface area contributed by atoms with Gasteiger partial charge in [-0.3, -0.25) is 5.43 Å². The molecule has 0 aliphatic heterocycles. The molecule has 0 unspecified atom stereocenters. The average molecular weight is 477 g/mol. The van der Waals surface area contributed by atoms with E-state index in [-0.39, 0.29) is 16.6 Å². The van der Waals surface area contributed by atoms with Gasteiger partial charge >= 0.3 is 5.97 Å². The molecule has 0 saturated heterocycles. The fourth-order valence-electron chi connectivity index (χ4n) is 1.65. The number of ether oxygens (including phenoxy) is 2. The normalized spacial score (nSPS) is 10.6. The number of nitrogens with one attached hydrogen (secondary N) is 1. The maximum atomic E-state index is 12.1. The summed E-state index contributed by atoms with van der Waals surface area (Å²) in [6.45, 7) is 0. The van der Waals surface area contributed by atoms with Crippen LogP contribution in [0.2, 0.25) is 0 Å². The molecule has 10 heteroatoms. The van der Waals surface area contributed by atoms with Crippen molar-refractivity contribution in [2.45, 2.75) is 0 Å². The molecule has 2 aromatic rings. The first-order valence-corrected chi connectivity index (χ1v) is 8.33. The van der Waals surface area contributed by atoms with Crippen LogP contribution in [0.4, 0.5) is 0 Å². The highest BCUT2D eigenvalue weighted by molar-refractivity contribution is 9.13. The molecular formula is C14H11Br2N3O4S. The Morgan fingerprint density at radius 2 is 2.21 bits per heavy atom. The largest absolute Gasteiger partial charge is 0.493 e. The summed E-state index contributed by atoms with van der Waals surface area (Å²) < 4.78 is 16.7. The summed E-state index contributed by atoms with van der Waals surface area (Å²) in [6.07, 6.45) is 2.86. The number of nitrogens with two attached hydrogens (primary N) is 1. The van der Waals surface area contributed by atoms with Gasteiger partial charge in [0.15, 0.2) is 16.6 Å². The SMILES string of the molecule is COc1cc(/C=N/NC(N)=S)c(Br)c(Br)c1OC(=O)c1ccco1. The Labute approximate surface area is 159 Å². The van der Waals surface area contributed by atoms with E-state index in [9.17, 15) is 4.79 Å². The van der Waals surface area contributed by atoms with Crippen LogP contribution in [0.5, 0.6) is 11.5 Å². The number of methoxy groups -OCH3 is 1. The van der Waals surface area contributed by atoms with E-state index in [0.29, 0.717) is 20.3 Å². The van der Waals surface area contributed by atoms with E-state index in [1.165, 1.54) is 25.7 Å². The number of rotatable bonds is 5. The van der Waals surface area contributed by atoms with Crippen LogP contribution in [0, 0.1) is 0 Å². The molecule has 0 spiro atoms. The van der Waals surface area contributed by atoms with Gasteiger partial charge in [0.25, 0.3) is 0 Å². The van der Waals surface area contributed by atoms with Crippen molar-refractivity contribution in [3.05, 3.63) is 44.7 Å². The van der Waals surface area contributed by atoms with Gasteiger partial charge in [-0.15, -0.1) is 0 Å². The number of carbonyl (C=O) groups is 1. The molecule has 126 valence electrons. The average Bonchev–Trinajstić information content (AvgIpc) is 3.08. The van der Waals surface area contributed by atoms with Crippen LogP contribution in [-0.4, -0.2) is 24.4 Å². The molecule has 2 rings (SSSR count). The molecule has 0 bridgehead atoms. The lowest BCUT2D eigenvalue weighted by molar-refractivity contribution is 0.0695. The first-order chi connectivity index (χ1) is 11.4. The summed E-state index contributed by atoms with van der Waals surface area (Å²) in [5.74, 6) is -0.0548. The number of nitrogens with zero attached hydrogens (tertiary/aromatic N) is 1. The molecule has 0 atom stereocenters. The first-order valence-electron chi connectivity index (χ1n) is 6.34. The van der Waals surface area contributed by atoms with Crippen LogP contribution >= 0.6 is 44.1 Å². The summed E-state index contributed by atoms with van der Waals surface area (Å²) in [5, 5.41) is 3.92. The number of esters is 1. The maximum Gasteiger partial charge on any atom is 0.379 e. The molecule has 3 N–H and O–H groups in total. The zero-order valence-electron chi connectivity index (χ0n) is 12.2. The van der Waals surface area contributed by atoms with E-state index < -0.39 is 5.97 Å². The summed E-state index contributed by atoms with van der Waals surface area (Å²) in [4.78, 5) is 12.1. The molecule has 24 heavy (non-hydrogen) atoms. The standard InChI is InChI=1S/C14H11Br2N3O4S/c1-21-9-5-7(6-18-19-14(17)24)10(15)11(16)12(9)23-13(20)8-3-2-4-22-8/h2-6H,1H3,(H3,17,19,24)/b18-6+. The molecule has 0 fully saturated rings. The summed E-state index contributed by atoms with van der Waals surface area (Å²) in [6, 6.07) is 4.72. The van der Waals surface area contributed by atoms with Crippen molar-refractivity contribution in [3.8, 4) is 11.5 Å². The zero-order valence-corrected chi connectivity index (χ0v) is 16.2. The van der Waals surface area contributed by atoms with Gasteiger partial charge in [0.2, 0.25) is 5.76 Å². The van der Waals surface area contributed by atoms with Crippen molar-refractivity contribution in [2.24, 2.45) is 10.8 Å². The van der Waals surface area contributed by atoms with E-state index >= 15 is 0 Å². The van der Waals surface area contributed by atoms with Crippen LogP contribution in [0.1, 0.15) is 16.1 Å². The number of halogens is 2. The Hall–Kier alpha value is -1.91. The third kappa shape index (κ3) is 4.34. The minimum Gasteiger partial charge on any atom is -0.493 e. The highest BCUT2D eigenvalue weighted by Crippen LogP contribution is 2.42. The Morgan fingerprint density at radius 1 is 1.46 bits per heavy atom. The fraction of sp³-hybridized carbons (Fsp3) is 0.0714. The Morgan fingerprint density at radius 3 is 2.79 bits per heavy atom. The number of furan rings is 1. The zero-order chi connectivity index (χ0) is 17.7. The minimum atomic E-state index is -0.650. The first kappa shape index (κ1) is 18.4. The van der Waals surface area contributed by atoms with Crippen molar-refractivity contribution >= 4 is 61.4 Å². The molecule has 1 heterocycles. The Kier molecular flexibility index (Phi) is 6.35. The molecule has 1 aromatic heterocycles. The maximum absolute atomic E-state index is 12.1. The molecule has 0 aliphatic rings. The van der Waals surface area contributed by atoms with Crippen molar-refractivity contribution in [1.29, 1.82) is 0 Å². The molecule has 0 aliphatic carbocycles. The van der Waals surface area contributed by atoms with Gasteiger partial charge in [0.05, 0.1) is 24.1 Å². The number of hydrogen-bond acceptors (Lipinski definition) is 6. The van der Waals surface area contributed by atoms with Crippen molar-refractivity contribution in [2.75, 3.05) is 7.11 Å². The van der Waals surface area contributed by atoms with Gasteiger partial charge in [-0.25, -0.2) is 4.79 Å². The number of hydrazone groups is 1. The molecular weight excluding hydrogens is 466 g/mol. The number of carbonyl (C=O) groups excluding carboxylic acids is 1. The third-order valence-electron chi connectivity index (χ3n) is 2.67. The van der Waals surface area contributed by atoms with Gasteiger partial charge in [0.1, 0.15) is 0 Å². The number of hydrogen-bond donors (Lipinski definition) is 2. The lowest BCUT2D eigenvalue weighted by Crippen LogP contribution is -2.24. The lowest BCUT2D eigenvalue weighted by Gasteiger charge is -2.13. The molecule has 0 amide bonds. The second kappa shape index (κ2) is 8.27. The second-order valence-electron chi connectivity index (χ2n) is 4.23. The topological polar surface area (TPSA) is 99.1 Å². The summed E-state index contributed by atoms with van der Waals surface area (Å²) >= 11 is 11.4. The van der Waals surface area contributed by atoms with Crippen LogP contribution in [0.25, 0.3) is 0 Å². The highest BCUT2D eigenvalue weighted by Gasteiger charge is 2.21. The van der Waals surface area contributed by atoms with Crippen LogP contribution in [0.15, 0.2) is 42.9 Å². The smallest absolute Gasteiger partial charge is 0.379 e. The van der Waals surface area contributed by atoms with Crippen molar-refractivity contribution < 1.29 is 18.7 Å². The monoisotopic (exact) mass is 475 g/mol. The van der Waals surface area contributed by atoms with Crippen LogP contribution in [-0.2, 0) is 0 Å². The van der Waals surface area contributed by atoms with E-state index in [1.807, 2.05) is 0 Å². The van der Waals surface area contributed by atoms with Crippen molar-refractivity contribution in [1.82, 2.24) is 5.43 Å². The molecule has 1 aromatic carbocycles. The van der Waals surface area contributed by atoms with Gasteiger partial charge < -0.3 is 19.6 Å². The third-order valence-corrected chi connectivity index (χ3v) is 4.91. The van der Waals surface area contributed by atoms with Gasteiger partial charge in [-0.05, 0) is 62.3 Å². The minimum absolute atomic E-state index is 0.0393.